The van der Waals surface area contributed by atoms with Crippen molar-refractivity contribution in [3.8, 4) is 0 Å². The number of carboxylic acids is 1. The number of rotatable bonds is 2. The topological polar surface area (TPSA) is 57.5 Å². The Morgan fingerprint density at radius 3 is 2.57 bits per heavy atom. The van der Waals surface area contributed by atoms with E-state index in [4.69, 9.17) is 0 Å². The average Bonchev–Trinajstić information content (AvgIpc) is 2.49. The first-order chi connectivity index (χ1) is 10.7. The molecule has 0 bridgehead atoms. The Bertz CT molecular complexity index is 636. The van der Waals surface area contributed by atoms with Gasteiger partial charge in [-0.25, -0.2) is 0 Å². The van der Waals surface area contributed by atoms with Gasteiger partial charge in [0.25, 0.3) is 0 Å². The van der Waals surface area contributed by atoms with Crippen molar-refractivity contribution in [3.05, 3.63) is 34.9 Å². The van der Waals surface area contributed by atoms with E-state index in [0.29, 0.717) is 18.8 Å². The molecule has 2 aliphatic carbocycles. The van der Waals surface area contributed by atoms with Crippen LogP contribution in [0.15, 0.2) is 18.2 Å². The van der Waals surface area contributed by atoms with Crippen LogP contribution in [0.5, 0.6) is 0 Å². The third-order valence-electron chi connectivity index (χ3n) is 6.59. The molecule has 0 heterocycles. The third-order valence-corrected chi connectivity index (χ3v) is 6.59. The molecule has 1 fully saturated rings. The maximum Gasteiger partial charge on any atom is 0.309 e. The van der Waals surface area contributed by atoms with Crippen LogP contribution in [0.25, 0.3) is 0 Å². The van der Waals surface area contributed by atoms with Crippen LogP contribution in [0, 0.1) is 11.3 Å². The van der Waals surface area contributed by atoms with Gasteiger partial charge in [-0.3, -0.25) is 4.79 Å². The number of carboxylic acid groups (broad SMARTS) is 1. The number of hydrogen-bond acceptors (Lipinski definition) is 2. The van der Waals surface area contributed by atoms with Crippen LogP contribution in [0.4, 0.5) is 0 Å². The van der Waals surface area contributed by atoms with Crippen LogP contribution in [-0.4, -0.2) is 16.2 Å². The van der Waals surface area contributed by atoms with Crippen LogP contribution in [0.3, 0.4) is 0 Å². The van der Waals surface area contributed by atoms with Crippen molar-refractivity contribution in [1.82, 2.24) is 0 Å². The number of fused-ring (bicyclic) bond motifs is 3. The SMILES string of the molecule is CC(C)c1ccc2c(c1)[C@@H](O)C[C@@H]1[C@](C)(C(=O)O)CCC[C@]21C. The predicted octanol–water partition coefficient (Wildman–Crippen LogP) is 4.40. The molecule has 3 nitrogen and oxygen atoms in total. The molecule has 0 aliphatic heterocycles. The zero-order valence-electron chi connectivity index (χ0n) is 14.6. The average molecular weight is 316 g/mol. The Labute approximate surface area is 138 Å². The molecule has 0 unspecified atom stereocenters. The van der Waals surface area contributed by atoms with Gasteiger partial charge in [-0.1, -0.05) is 45.4 Å². The van der Waals surface area contributed by atoms with Crippen molar-refractivity contribution < 1.29 is 15.0 Å². The minimum Gasteiger partial charge on any atom is -0.481 e. The van der Waals surface area contributed by atoms with E-state index < -0.39 is 17.5 Å². The first kappa shape index (κ1) is 16.5. The van der Waals surface area contributed by atoms with E-state index >= 15 is 0 Å². The lowest BCUT2D eigenvalue weighted by atomic mass is 9.49. The molecule has 1 aromatic carbocycles. The quantitative estimate of drug-likeness (QED) is 0.850. The summed E-state index contributed by atoms with van der Waals surface area (Å²) >= 11 is 0. The van der Waals surface area contributed by atoms with Gasteiger partial charge >= 0.3 is 5.97 Å². The summed E-state index contributed by atoms with van der Waals surface area (Å²) in [4.78, 5) is 12.0. The lowest BCUT2D eigenvalue weighted by Gasteiger charge is -2.54. The fraction of sp³-hybridized carbons (Fsp3) is 0.650. The number of hydrogen-bond donors (Lipinski definition) is 2. The Balaban J connectivity index is 2.14. The van der Waals surface area contributed by atoms with Gasteiger partial charge < -0.3 is 10.2 Å². The van der Waals surface area contributed by atoms with Crippen LogP contribution >= 0.6 is 0 Å². The summed E-state index contributed by atoms with van der Waals surface area (Å²) < 4.78 is 0. The predicted molar refractivity (Wildman–Crippen MR) is 90.5 cm³/mol. The van der Waals surface area contributed by atoms with Crippen molar-refractivity contribution in [1.29, 1.82) is 0 Å². The Morgan fingerprint density at radius 2 is 1.96 bits per heavy atom. The first-order valence-corrected chi connectivity index (χ1v) is 8.76. The zero-order valence-corrected chi connectivity index (χ0v) is 14.6. The van der Waals surface area contributed by atoms with E-state index in [1.807, 2.05) is 6.92 Å². The van der Waals surface area contributed by atoms with E-state index in [1.165, 1.54) is 5.56 Å². The second-order valence-corrected chi connectivity index (χ2v) is 8.30. The van der Waals surface area contributed by atoms with Gasteiger partial charge in [-0.05, 0) is 60.1 Å². The molecular weight excluding hydrogens is 288 g/mol. The smallest absolute Gasteiger partial charge is 0.309 e. The maximum absolute atomic E-state index is 12.0. The lowest BCUT2D eigenvalue weighted by Crippen LogP contribution is -2.53. The minimum atomic E-state index is -0.748. The molecule has 23 heavy (non-hydrogen) atoms. The molecule has 126 valence electrons. The van der Waals surface area contributed by atoms with Gasteiger partial charge in [0.05, 0.1) is 11.5 Å². The number of aliphatic hydroxyl groups excluding tert-OH is 1. The monoisotopic (exact) mass is 316 g/mol. The summed E-state index contributed by atoms with van der Waals surface area (Å²) in [5.74, 6) is -0.315. The summed E-state index contributed by atoms with van der Waals surface area (Å²) in [6, 6.07) is 6.43. The first-order valence-electron chi connectivity index (χ1n) is 8.76. The van der Waals surface area contributed by atoms with E-state index in [1.54, 1.807) is 0 Å². The second kappa shape index (κ2) is 5.34. The van der Waals surface area contributed by atoms with Gasteiger partial charge in [-0.2, -0.15) is 0 Å². The summed E-state index contributed by atoms with van der Waals surface area (Å²) in [5.41, 5.74) is 2.52. The number of aliphatic carboxylic acids is 1. The molecule has 3 heteroatoms. The summed E-state index contributed by atoms with van der Waals surface area (Å²) in [5, 5.41) is 20.6. The summed E-state index contributed by atoms with van der Waals surface area (Å²) in [6.45, 7) is 8.39. The number of aliphatic hydroxyl groups is 1. The molecule has 3 rings (SSSR count). The fourth-order valence-electron chi connectivity index (χ4n) is 5.06. The van der Waals surface area contributed by atoms with Crippen molar-refractivity contribution in [3.63, 3.8) is 0 Å². The van der Waals surface area contributed by atoms with Gasteiger partial charge in [0.1, 0.15) is 0 Å². The molecular formula is C20H28O3. The van der Waals surface area contributed by atoms with Crippen molar-refractivity contribution in [2.75, 3.05) is 0 Å². The molecule has 2 N–H and O–H groups in total. The van der Waals surface area contributed by atoms with Crippen molar-refractivity contribution in [2.24, 2.45) is 11.3 Å². The van der Waals surface area contributed by atoms with E-state index in [0.717, 1.165) is 24.0 Å². The van der Waals surface area contributed by atoms with Crippen molar-refractivity contribution in [2.45, 2.75) is 70.8 Å². The number of benzene rings is 1. The maximum atomic E-state index is 12.0. The Morgan fingerprint density at radius 1 is 1.26 bits per heavy atom. The fourth-order valence-corrected chi connectivity index (χ4v) is 5.06. The zero-order chi connectivity index (χ0) is 17.0. The third kappa shape index (κ3) is 2.32. The van der Waals surface area contributed by atoms with Crippen LogP contribution in [0.1, 0.15) is 82.1 Å². The second-order valence-electron chi connectivity index (χ2n) is 8.30. The van der Waals surface area contributed by atoms with Crippen LogP contribution < -0.4 is 0 Å². The molecule has 1 aromatic rings. The molecule has 0 aromatic heterocycles. The van der Waals surface area contributed by atoms with E-state index in [9.17, 15) is 15.0 Å². The standard InChI is InChI=1S/C20H28O3/c1-12(2)13-6-7-15-14(10-13)16(21)11-17-19(15,3)8-5-9-20(17,4)18(22)23/h6-7,10,12,16-17,21H,5,8-9,11H2,1-4H3,(H,22,23)/t16-,17-,19+,20+/m0/s1. The Kier molecular flexibility index (Phi) is 3.83. The van der Waals surface area contributed by atoms with Crippen LogP contribution in [0.2, 0.25) is 0 Å². The minimum absolute atomic E-state index is 0.0198. The van der Waals surface area contributed by atoms with Gasteiger partial charge in [0.15, 0.2) is 0 Å². The summed E-state index contributed by atoms with van der Waals surface area (Å²) in [6.07, 6.45) is 2.62. The molecule has 1 saturated carbocycles. The highest BCUT2D eigenvalue weighted by atomic mass is 16.4. The lowest BCUT2D eigenvalue weighted by molar-refractivity contribution is -0.159. The molecule has 0 spiro atoms. The van der Waals surface area contributed by atoms with Gasteiger partial charge in [0.2, 0.25) is 0 Å². The molecule has 2 aliphatic rings. The number of carbonyl (C=O) groups is 1. The van der Waals surface area contributed by atoms with E-state index in [-0.39, 0.29) is 11.3 Å². The molecule has 4 atom stereocenters. The largest absolute Gasteiger partial charge is 0.481 e. The van der Waals surface area contributed by atoms with Crippen LogP contribution in [-0.2, 0) is 10.2 Å². The summed E-state index contributed by atoms with van der Waals surface area (Å²) in [7, 11) is 0. The van der Waals surface area contributed by atoms with E-state index in [2.05, 4.69) is 39.0 Å². The van der Waals surface area contributed by atoms with Gasteiger partial charge in [0, 0.05) is 0 Å². The van der Waals surface area contributed by atoms with Crippen molar-refractivity contribution >= 4 is 5.97 Å². The molecule has 0 radical (unpaired) electrons. The Hall–Kier alpha value is -1.35. The normalized spacial score (nSPS) is 36.4. The highest BCUT2D eigenvalue weighted by Crippen LogP contribution is 2.59. The highest BCUT2D eigenvalue weighted by Gasteiger charge is 2.56. The molecule has 0 amide bonds. The molecule has 0 saturated heterocycles. The van der Waals surface area contributed by atoms with Gasteiger partial charge in [-0.15, -0.1) is 0 Å². The highest BCUT2D eigenvalue weighted by molar-refractivity contribution is 5.75.